The number of anilines is 1. The molecule has 1 aliphatic rings. The van der Waals surface area contributed by atoms with Crippen LogP contribution >= 0.6 is 15.9 Å². The Balaban J connectivity index is 1.80. The maximum absolute atomic E-state index is 14.4. The zero-order valence-electron chi connectivity index (χ0n) is 15.9. The van der Waals surface area contributed by atoms with Crippen LogP contribution in [-0.4, -0.2) is 26.6 Å². The molecule has 0 amide bonds. The number of nitrogens with zero attached hydrogens (tertiary/aromatic N) is 1. The normalized spacial score (nSPS) is 16.0. The maximum atomic E-state index is 14.4. The van der Waals surface area contributed by atoms with Crippen LogP contribution in [-0.2, 0) is 16.4 Å². The molecule has 1 heterocycles. The van der Waals surface area contributed by atoms with E-state index < -0.39 is 21.9 Å². The molecule has 1 N–H and O–H groups in total. The van der Waals surface area contributed by atoms with Crippen molar-refractivity contribution in [3.8, 4) is 17.1 Å². The molecule has 0 radical (unpaired) electrons. The molecule has 2 aromatic carbocycles. The van der Waals surface area contributed by atoms with Crippen molar-refractivity contribution in [2.75, 3.05) is 11.8 Å². The summed E-state index contributed by atoms with van der Waals surface area (Å²) in [5.74, 6) is -3.88. The average molecular weight is 499 g/mol. The SMILES string of the molecule is COc1ccccc1S(=O)(=O)Nc1noc2c1CC(C(C)(F)F)c1ccc(Br)cc1-2. The van der Waals surface area contributed by atoms with Crippen LogP contribution in [0.25, 0.3) is 11.3 Å². The van der Waals surface area contributed by atoms with Gasteiger partial charge in [-0.05, 0) is 43.2 Å². The number of rotatable bonds is 5. The molecule has 0 saturated heterocycles. The third-order valence-electron chi connectivity index (χ3n) is 5.03. The molecule has 1 atom stereocenters. The molecule has 3 aromatic rings. The number of ether oxygens (including phenoxy) is 1. The lowest BCUT2D eigenvalue weighted by Crippen LogP contribution is -2.27. The predicted octanol–water partition coefficient (Wildman–Crippen LogP) is 5.21. The zero-order valence-corrected chi connectivity index (χ0v) is 18.4. The Kier molecular flexibility index (Phi) is 5.09. The molecule has 1 aliphatic carbocycles. The van der Waals surface area contributed by atoms with Gasteiger partial charge in [-0.2, -0.15) is 0 Å². The maximum Gasteiger partial charge on any atom is 0.266 e. The number of halogens is 3. The van der Waals surface area contributed by atoms with Crippen molar-refractivity contribution in [2.24, 2.45) is 0 Å². The third-order valence-corrected chi connectivity index (χ3v) is 6.90. The smallest absolute Gasteiger partial charge is 0.266 e. The number of benzene rings is 2. The Bertz CT molecular complexity index is 1220. The van der Waals surface area contributed by atoms with Gasteiger partial charge in [0.1, 0.15) is 10.6 Å². The molecule has 158 valence electrons. The Morgan fingerprint density at radius 2 is 2.00 bits per heavy atom. The second-order valence-corrected chi connectivity index (χ2v) is 9.61. The van der Waals surface area contributed by atoms with Crippen molar-refractivity contribution in [1.29, 1.82) is 0 Å². The van der Waals surface area contributed by atoms with Gasteiger partial charge in [0.2, 0.25) is 0 Å². The summed E-state index contributed by atoms with van der Waals surface area (Å²) in [6.07, 6.45) is -0.124. The van der Waals surface area contributed by atoms with E-state index in [1.807, 2.05) is 0 Å². The molecule has 10 heteroatoms. The number of fused-ring (bicyclic) bond motifs is 3. The molecule has 1 aromatic heterocycles. The van der Waals surface area contributed by atoms with Gasteiger partial charge < -0.3 is 9.26 Å². The van der Waals surface area contributed by atoms with Crippen LogP contribution in [0.5, 0.6) is 5.75 Å². The molecule has 0 aliphatic heterocycles. The fraction of sp³-hybridized carbons (Fsp3) is 0.250. The Morgan fingerprint density at radius 3 is 2.70 bits per heavy atom. The molecule has 0 spiro atoms. The van der Waals surface area contributed by atoms with Gasteiger partial charge in [0.25, 0.3) is 15.9 Å². The van der Waals surface area contributed by atoms with Gasteiger partial charge in [-0.15, -0.1) is 0 Å². The lowest BCUT2D eigenvalue weighted by atomic mass is 9.79. The van der Waals surface area contributed by atoms with Crippen molar-refractivity contribution >= 4 is 31.8 Å². The molecular formula is C20H17BrF2N2O4S. The molecule has 1 unspecified atom stereocenters. The summed E-state index contributed by atoms with van der Waals surface area (Å²) in [6.45, 7) is 0.848. The number of para-hydroxylation sites is 1. The van der Waals surface area contributed by atoms with E-state index in [2.05, 4.69) is 25.8 Å². The number of hydrogen-bond acceptors (Lipinski definition) is 5. The number of alkyl halides is 2. The van der Waals surface area contributed by atoms with Crippen molar-refractivity contribution in [3.63, 3.8) is 0 Å². The van der Waals surface area contributed by atoms with Gasteiger partial charge in [0.15, 0.2) is 11.6 Å². The van der Waals surface area contributed by atoms with E-state index in [9.17, 15) is 17.2 Å². The Morgan fingerprint density at radius 1 is 1.27 bits per heavy atom. The average Bonchev–Trinajstić information content (AvgIpc) is 3.09. The van der Waals surface area contributed by atoms with E-state index in [4.69, 9.17) is 9.26 Å². The van der Waals surface area contributed by atoms with Gasteiger partial charge in [-0.3, -0.25) is 4.72 Å². The lowest BCUT2D eigenvalue weighted by molar-refractivity contribution is -0.00838. The predicted molar refractivity (Wildman–Crippen MR) is 111 cm³/mol. The highest BCUT2D eigenvalue weighted by Crippen LogP contribution is 2.49. The second kappa shape index (κ2) is 7.35. The fourth-order valence-electron chi connectivity index (χ4n) is 3.61. The van der Waals surface area contributed by atoms with E-state index in [0.717, 1.165) is 6.92 Å². The van der Waals surface area contributed by atoms with Gasteiger partial charge in [-0.1, -0.05) is 39.3 Å². The Hall–Kier alpha value is -2.46. The summed E-state index contributed by atoms with van der Waals surface area (Å²) in [7, 11) is -2.74. The van der Waals surface area contributed by atoms with Gasteiger partial charge in [0, 0.05) is 15.6 Å². The Labute approximate surface area is 180 Å². The van der Waals surface area contributed by atoms with E-state index in [1.54, 1.807) is 30.3 Å². The summed E-state index contributed by atoms with van der Waals surface area (Å²) < 4.78 is 68.2. The highest BCUT2D eigenvalue weighted by atomic mass is 79.9. The topological polar surface area (TPSA) is 81.4 Å². The standard InChI is InChI=1S/C20H17BrF2N2O4S/c1-20(22,23)15-10-14-18(13-9-11(21)7-8-12(13)15)29-24-19(14)25-30(26,27)17-6-4-3-5-16(17)28-2/h3-9,15H,10H2,1-2H3,(H,24,25). The summed E-state index contributed by atoms with van der Waals surface area (Å²) in [6, 6.07) is 11.0. The van der Waals surface area contributed by atoms with Gasteiger partial charge in [0.05, 0.1) is 13.0 Å². The monoisotopic (exact) mass is 498 g/mol. The highest BCUT2D eigenvalue weighted by Gasteiger charge is 2.43. The summed E-state index contributed by atoms with van der Waals surface area (Å²) in [4.78, 5) is -0.0967. The van der Waals surface area contributed by atoms with Crippen LogP contribution in [0.4, 0.5) is 14.6 Å². The zero-order chi connectivity index (χ0) is 21.7. The van der Waals surface area contributed by atoms with Gasteiger partial charge in [-0.25, -0.2) is 17.2 Å². The first kappa shape index (κ1) is 20.8. The molecule has 4 rings (SSSR count). The number of hydrogen-bond donors (Lipinski definition) is 1. The van der Waals surface area contributed by atoms with Crippen LogP contribution in [0.2, 0.25) is 0 Å². The first-order chi connectivity index (χ1) is 14.1. The van der Waals surface area contributed by atoms with Crippen molar-refractivity contribution in [1.82, 2.24) is 5.16 Å². The van der Waals surface area contributed by atoms with Crippen LogP contribution in [0.3, 0.4) is 0 Å². The summed E-state index contributed by atoms with van der Waals surface area (Å²) >= 11 is 3.34. The van der Waals surface area contributed by atoms with E-state index in [0.29, 0.717) is 15.6 Å². The minimum absolute atomic E-state index is 0.0967. The van der Waals surface area contributed by atoms with E-state index >= 15 is 0 Å². The highest BCUT2D eigenvalue weighted by molar-refractivity contribution is 9.10. The lowest BCUT2D eigenvalue weighted by Gasteiger charge is -2.29. The van der Waals surface area contributed by atoms with Crippen molar-refractivity contribution in [3.05, 3.63) is 58.1 Å². The second-order valence-electron chi connectivity index (χ2n) is 7.04. The molecular weight excluding hydrogens is 482 g/mol. The van der Waals surface area contributed by atoms with Crippen LogP contribution < -0.4 is 9.46 Å². The quantitative estimate of drug-likeness (QED) is 0.522. The van der Waals surface area contributed by atoms with Gasteiger partial charge >= 0.3 is 0 Å². The molecule has 0 bridgehead atoms. The molecule has 0 saturated carbocycles. The number of methoxy groups -OCH3 is 1. The van der Waals surface area contributed by atoms with Crippen molar-refractivity contribution < 1.29 is 26.5 Å². The number of nitrogens with one attached hydrogen (secondary N) is 1. The number of sulfonamides is 1. The first-order valence-electron chi connectivity index (χ1n) is 8.94. The summed E-state index contributed by atoms with van der Waals surface area (Å²) in [5, 5.41) is 3.84. The number of aromatic nitrogens is 1. The van der Waals surface area contributed by atoms with E-state index in [1.165, 1.54) is 19.2 Å². The van der Waals surface area contributed by atoms with Crippen molar-refractivity contribution in [2.45, 2.75) is 30.1 Å². The van der Waals surface area contributed by atoms with Crippen LogP contribution in [0, 0.1) is 0 Å². The first-order valence-corrected chi connectivity index (χ1v) is 11.2. The fourth-order valence-corrected chi connectivity index (χ4v) is 5.17. The minimum Gasteiger partial charge on any atom is -0.495 e. The molecule has 0 fully saturated rings. The summed E-state index contributed by atoms with van der Waals surface area (Å²) in [5.41, 5.74) is 1.16. The largest absolute Gasteiger partial charge is 0.495 e. The molecule has 30 heavy (non-hydrogen) atoms. The van der Waals surface area contributed by atoms with E-state index in [-0.39, 0.29) is 34.2 Å². The molecule has 6 nitrogen and oxygen atoms in total. The van der Waals surface area contributed by atoms with Crippen LogP contribution in [0.15, 0.2) is 56.4 Å². The third kappa shape index (κ3) is 3.58. The minimum atomic E-state index is -4.09. The van der Waals surface area contributed by atoms with Crippen LogP contribution in [0.1, 0.15) is 24.0 Å².